The highest BCUT2D eigenvalue weighted by Crippen LogP contribution is 2.29. The molecule has 0 unspecified atom stereocenters. The molecule has 0 radical (unpaired) electrons. The standard InChI is InChI=1S/C19H27N3O2.ClH/c1-2-14-4-3-5-16-15(12-22-17(14)16)6-9-21-18(23)19(13-20)7-10-24-11-8-19;/h3-5,12,22H,2,6-11,13,20H2,1H3,(H,21,23);1H. The topological polar surface area (TPSA) is 80.1 Å². The molecule has 6 heteroatoms. The van der Waals surface area contributed by atoms with Crippen LogP contribution in [0, 0.1) is 5.41 Å². The molecule has 2 heterocycles. The molecular formula is C19H28ClN3O2. The molecule has 1 amide bonds. The number of halogens is 1. The van der Waals surface area contributed by atoms with Gasteiger partial charge >= 0.3 is 0 Å². The minimum Gasteiger partial charge on any atom is -0.381 e. The van der Waals surface area contributed by atoms with Gasteiger partial charge in [0.2, 0.25) is 5.91 Å². The van der Waals surface area contributed by atoms with Gasteiger partial charge in [-0.2, -0.15) is 0 Å². The van der Waals surface area contributed by atoms with Crippen LogP contribution in [0.2, 0.25) is 0 Å². The summed E-state index contributed by atoms with van der Waals surface area (Å²) in [6.45, 7) is 4.41. The first-order valence-electron chi connectivity index (χ1n) is 8.84. The van der Waals surface area contributed by atoms with Crippen LogP contribution in [-0.4, -0.2) is 37.2 Å². The van der Waals surface area contributed by atoms with Crippen LogP contribution in [0.4, 0.5) is 0 Å². The Kier molecular flexibility index (Phi) is 6.87. The Morgan fingerprint density at radius 3 is 2.76 bits per heavy atom. The van der Waals surface area contributed by atoms with E-state index in [1.54, 1.807) is 0 Å². The molecule has 5 nitrogen and oxygen atoms in total. The zero-order valence-electron chi connectivity index (χ0n) is 14.8. The maximum absolute atomic E-state index is 12.6. The van der Waals surface area contributed by atoms with Crippen molar-refractivity contribution >= 4 is 29.2 Å². The molecule has 0 saturated carbocycles. The van der Waals surface area contributed by atoms with Crippen molar-refractivity contribution in [2.24, 2.45) is 11.1 Å². The van der Waals surface area contributed by atoms with Gasteiger partial charge in [0.05, 0.1) is 5.41 Å². The number of hydrogen-bond donors (Lipinski definition) is 3. The number of nitrogens with two attached hydrogens (primary N) is 1. The van der Waals surface area contributed by atoms with Crippen molar-refractivity contribution in [2.45, 2.75) is 32.6 Å². The molecule has 1 aromatic heterocycles. The molecule has 0 bridgehead atoms. The monoisotopic (exact) mass is 365 g/mol. The van der Waals surface area contributed by atoms with Crippen molar-refractivity contribution < 1.29 is 9.53 Å². The Morgan fingerprint density at radius 1 is 1.32 bits per heavy atom. The van der Waals surface area contributed by atoms with Crippen LogP contribution >= 0.6 is 12.4 Å². The second kappa shape index (κ2) is 8.70. The maximum atomic E-state index is 12.6. The lowest BCUT2D eigenvalue weighted by atomic mass is 9.79. The number of nitrogens with one attached hydrogen (secondary N) is 2. The Morgan fingerprint density at radius 2 is 2.08 bits per heavy atom. The van der Waals surface area contributed by atoms with E-state index in [-0.39, 0.29) is 18.3 Å². The number of para-hydroxylation sites is 1. The lowest BCUT2D eigenvalue weighted by Crippen LogP contribution is -2.49. The van der Waals surface area contributed by atoms with Crippen molar-refractivity contribution in [1.82, 2.24) is 10.3 Å². The summed E-state index contributed by atoms with van der Waals surface area (Å²) in [7, 11) is 0. The van der Waals surface area contributed by atoms with Gasteiger partial charge in [0.1, 0.15) is 0 Å². The summed E-state index contributed by atoms with van der Waals surface area (Å²) < 4.78 is 5.37. The van der Waals surface area contributed by atoms with Crippen LogP contribution in [0.25, 0.3) is 10.9 Å². The summed E-state index contributed by atoms with van der Waals surface area (Å²) in [5.74, 6) is 0.0717. The summed E-state index contributed by atoms with van der Waals surface area (Å²) in [6.07, 6.45) is 5.30. The SMILES string of the molecule is CCc1cccc2c(CCNC(=O)C3(CN)CCOCC3)c[nH]c12.Cl. The van der Waals surface area contributed by atoms with Crippen molar-refractivity contribution in [3.8, 4) is 0 Å². The first-order chi connectivity index (χ1) is 11.7. The third-order valence-corrected chi connectivity index (χ3v) is 5.27. The van der Waals surface area contributed by atoms with Crippen molar-refractivity contribution in [3.63, 3.8) is 0 Å². The van der Waals surface area contributed by atoms with E-state index >= 15 is 0 Å². The summed E-state index contributed by atoms with van der Waals surface area (Å²) >= 11 is 0. The van der Waals surface area contributed by atoms with Gasteiger partial charge in [0, 0.05) is 43.4 Å². The van der Waals surface area contributed by atoms with Crippen molar-refractivity contribution in [2.75, 3.05) is 26.3 Å². The van der Waals surface area contributed by atoms with Crippen LogP contribution in [0.15, 0.2) is 24.4 Å². The fraction of sp³-hybridized carbons (Fsp3) is 0.526. The molecule has 1 aliphatic heterocycles. The summed E-state index contributed by atoms with van der Waals surface area (Å²) in [6, 6.07) is 6.39. The number of amides is 1. The first-order valence-corrected chi connectivity index (χ1v) is 8.84. The largest absolute Gasteiger partial charge is 0.381 e. The Balaban J connectivity index is 0.00000225. The minimum absolute atomic E-state index is 0. The highest BCUT2D eigenvalue weighted by Gasteiger charge is 2.38. The predicted octanol–water partition coefficient (Wildman–Crippen LogP) is 2.57. The number of ether oxygens (including phenoxy) is 1. The molecule has 1 aromatic carbocycles. The summed E-state index contributed by atoms with van der Waals surface area (Å²) in [5.41, 5.74) is 9.22. The molecular weight excluding hydrogens is 338 g/mol. The van der Waals surface area contributed by atoms with Crippen LogP contribution in [0.3, 0.4) is 0 Å². The Hall–Kier alpha value is -1.56. The smallest absolute Gasteiger partial charge is 0.227 e. The third kappa shape index (κ3) is 4.00. The van der Waals surface area contributed by atoms with Crippen LogP contribution in [0.5, 0.6) is 0 Å². The number of rotatable bonds is 6. The zero-order chi connectivity index (χ0) is 17.0. The van der Waals surface area contributed by atoms with E-state index < -0.39 is 5.41 Å². The van der Waals surface area contributed by atoms with E-state index in [4.69, 9.17) is 10.5 Å². The van der Waals surface area contributed by atoms with Gasteiger partial charge < -0.3 is 20.8 Å². The van der Waals surface area contributed by atoms with Gasteiger partial charge in [-0.05, 0) is 36.8 Å². The lowest BCUT2D eigenvalue weighted by molar-refractivity contribution is -0.135. The van der Waals surface area contributed by atoms with Gasteiger partial charge in [0.25, 0.3) is 0 Å². The molecule has 1 fully saturated rings. The molecule has 1 aliphatic rings. The Labute approximate surface area is 155 Å². The van der Waals surface area contributed by atoms with E-state index in [9.17, 15) is 4.79 Å². The van der Waals surface area contributed by atoms with Gasteiger partial charge in [-0.1, -0.05) is 25.1 Å². The number of H-pyrrole nitrogens is 1. The van der Waals surface area contributed by atoms with Crippen LogP contribution in [0.1, 0.15) is 30.9 Å². The van der Waals surface area contributed by atoms with Crippen LogP contribution in [-0.2, 0) is 22.4 Å². The first kappa shape index (κ1) is 19.8. The molecule has 2 aromatic rings. The van der Waals surface area contributed by atoms with E-state index in [1.807, 2.05) is 0 Å². The van der Waals surface area contributed by atoms with Crippen LogP contribution < -0.4 is 11.1 Å². The van der Waals surface area contributed by atoms with Gasteiger partial charge in [-0.15, -0.1) is 12.4 Å². The number of carbonyl (C=O) groups excluding carboxylic acids is 1. The molecule has 138 valence electrons. The number of benzene rings is 1. The maximum Gasteiger partial charge on any atom is 0.227 e. The van der Waals surface area contributed by atoms with E-state index in [1.165, 1.54) is 22.0 Å². The summed E-state index contributed by atoms with van der Waals surface area (Å²) in [5, 5.41) is 4.34. The second-order valence-electron chi connectivity index (χ2n) is 6.61. The normalized spacial score (nSPS) is 16.4. The molecule has 0 aliphatic carbocycles. The highest BCUT2D eigenvalue weighted by atomic mass is 35.5. The predicted molar refractivity (Wildman–Crippen MR) is 103 cm³/mol. The highest BCUT2D eigenvalue weighted by molar-refractivity contribution is 5.86. The molecule has 0 atom stereocenters. The Bertz CT molecular complexity index is 708. The van der Waals surface area contributed by atoms with Gasteiger partial charge in [-0.3, -0.25) is 4.79 Å². The number of carbonyl (C=O) groups is 1. The molecule has 25 heavy (non-hydrogen) atoms. The minimum atomic E-state index is -0.451. The van der Waals surface area contributed by atoms with E-state index in [0.717, 1.165) is 12.8 Å². The fourth-order valence-electron chi connectivity index (χ4n) is 3.56. The van der Waals surface area contributed by atoms with E-state index in [2.05, 4.69) is 41.6 Å². The number of hydrogen-bond acceptors (Lipinski definition) is 3. The molecule has 4 N–H and O–H groups in total. The second-order valence-corrected chi connectivity index (χ2v) is 6.61. The third-order valence-electron chi connectivity index (χ3n) is 5.27. The quantitative estimate of drug-likeness (QED) is 0.736. The zero-order valence-corrected chi connectivity index (χ0v) is 15.6. The number of fused-ring (bicyclic) bond motifs is 1. The van der Waals surface area contributed by atoms with Gasteiger partial charge in [-0.25, -0.2) is 0 Å². The van der Waals surface area contributed by atoms with Crippen molar-refractivity contribution in [1.29, 1.82) is 0 Å². The summed E-state index contributed by atoms with van der Waals surface area (Å²) in [4.78, 5) is 16.0. The molecule has 3 rings (SSSR count). The number of aromatic amines is 1. The van der Waals surface area contributed by atoms with Gasteiger partial charge in [0.15, 0.2) is 0 Å². The molecule has 0 spiro atoms. The lowest BCUT2D eigenvalue weighted by Gasteiger charge is -2.34. The van der Waals surface area contributed by atoms with E-state index in [0.29, 0.717) is 39.1 Å². The number of aromatic nitrogens is 1. The van der Waals surface area contributed by atoms with Crippen molar-refractivity contribution in [3.05, 3.63) is 35.5 Å². The number of aryl methyl sites for hydroxylation is 1. The average molecular weight is 366 g/mol. The molecule has 1 saturated heterocycles. The average Bonchev–Trinajstić information content (AvgIpc) is 3.05. The fourth-order valence-corrected chi connectivity index (χ4v) is 3.56.